The second kappa shape index (κ2) is 10.4. The number of aryl methyl sites for hydroxylation is 1. The minimum Gasteiger partial charge on any atom is -0.481 e. The molecule has 1 aromatic heterocycles. The molecule has 0 spiro atoms. The Kier molecular flexibility index (Phi) is 7.10. The van der Waals surface area contributed by atoms with Crippen molar-refractivity contribution in [3.05, 3.63) is 102 Å². The Labute approximate surface area is 233 Å². The van der Waals surface area contributed by atoms with Crippen molar-refractivity contribution < 1.29 is 37.0 Å². The van der Waals surface area contributed by atoms with Crippen LogP contribution in [0.2, 0.25) is 0 Å². The predicted molar refractivity (Wildman–Crippen MR) is 145 cm³/mol. The third kappa shape index (κ3) is 5.41. The van der Waals surface area contributed by atoms with Crippen LogP contribution in [-0.2, 0) is 28.2 Å². The molecule has 0 bridgehead atoms. The molecule has 0 saturated heterocycles. The zero-order valence-corrected chi connectivity index (χ0v) is 22.1. The summed E-state index contributed by atoms with van der Waals surface area (Å²) in [5.41, 5.74) is 1.08. The lowest BCUT2D eigenvalue weighted by Gasteiger charge is -2.19. The third-order valence-electron chi connectivity index (χ3n) is 7.45. The molecule has 3 aromatic carbocycles. The largest absolute Gasteiger partial charge is 0.481 e. The van der Waals surface area contributed by atoms with Crippen LogP contribution in [0, 0.1) is 5.82 Å². The number of alkyl halides is 3. The van der Waals surface area contributed by atoms with E-state index in [9.17, 15) is 32.3 Å². The minimum atomic E-state index is -4.62. The van der Waals surface area contributed by atoms with Gasteiger partial charge >= 0.3 is 18.2 Å². The number of carbonyl (C=O) groups excluding carboxylic acids is 1. The first-order chi connectivity index (χ1) is 19.4. The minimum absolute atomic E-state index is 0.0734. The summed E-state index contributed by atoms with van der Waals surface area (Å²) in [5, 5.41) is 12.0. The van der Waals surface area contributed by atoms with Crippen molar-refractivity contribution in [2.75, 3.05) is 5.32 Å². The molecule has 41 heavy (non-hydrogen) atoms. The van der Waals surface area contributed by atoms with Crippen LogP contribution >= 0.6 is 0 Å². The first kappa shape index (κ1) is 27.9. The summed E-state index contributed by atoms with van der Waals surface area (Å²) in [6.45, 7) is 1.33. The maximum absolute atomic E-state index is 15.0. The molecule has 1 aliphatic carbocycles. The maximum atomic E-state index is 15.0. The van der Waals surface area contributed by atoms with Crippen molar-refractivity contribution in [3.8, 4) is 22.3 Å². The van der Waals surface area contributed by atoms with E-state index >= 15 is 0 Å². The summed E-state index contributed by atoms with van der Waals surface area (Å²) in [5.74, 6) is -1.36. The number of aromatic nitrogens is 1. The van der Waals surface area contributed by atoms with Gasteiger partial charge in [-0.25, -0.2) is 9.18 Å². The van der Waals surface area contributed by atoms with Crippen LogP contribution in [0.15, 0.2) is 79.0 Å². The molecule has 212 valence electrons. The van der Waals surface area contributed by atoms with Gasteiger partial charge in [-0.1, -0.05) is 66.7 Å². The van der Waals surface area contributed by atoms with Crippen molar-refractivity contribution in [1.82, 2.24) is 4.57 Å². The molecule has 1 fully saturated rings. The summed E-state index contributed by atoms with van der Waals surface area (Å²) >= 11 is 0. The number of anilines is 1. The highest BCUT2D eigenvalue weighted by Gasteiger charge is 2.51. The SMILES string of the molecule is C[C@@H](OC(=O)Nc1c(-c2ccc(-c3ccc(C4(C(=O)O)CC4)cc3)cc2)c(F)cn1C)c1ccccc1C(F)(F)F. The number of nitrogens with one attached hydrogen (secondary N) is 1. The molecule has 6 nitrogen and oxygen atoms in total. The Morgan fingerprint density at radius 2 is 1.51 bits per heavy atom. The Hall–Kier alpha value is -4.60. The Morgan fingerprint density at radius 3 is 2.07 bits per heavy atom. The van der Waals surface area contributed by atoms with E-state index in [2.05, 4.69) is 5.32 Å². The average molecular weight is 567 g/mol. The molecular formula is C31H26F4N2O4. The smallest absolute Gasteiger partial charge is 0.416 e. The molecule has 2 N–H and O–H groups in total. The van der Waals surface area contributed by atoms with Crippen molar-refractivity contribution in [2.24, 2.45) is 7.05 Å². The fourth-order valence-corrected chi connectivity index (χ4v) is 5.04. The fourth-order valence-electron chi connectivity index (χ4n) is 5.04. The molecule has 4 aromatic rings. The maximum Gasteiger partial charge on any atom is 0.416 e. The Morgan fingerprint density at radius 1 is 0.951 bits per heavy atom. The van der Waals surface area contributed by atoms with E-state index in [0.717, 1.165) is 22.8 Å². The summed E-state index contributed by atoms with van der Waals surface area (Å²) in [6, 6.07) is 19.0. The van der Waals surface area contributed by atoms with Gasteiger partial charge < -0.3 is 14.4 Å². The van der Waals surface area contributed by atoms with Gasteiger partial charge in [0.05, 0.1) is 16.5 Å². The molecule has 1 heterocycles. The molecule has 0 aliphatic heterocycles. The van der Waals surface area contributed by atoms with E-state index in [0.29, 0.717) is 18.4 Å². The van der Waals surface area contributed by atoms with E-state index in [1.165, 1.54) is 42.9 Å². The van der Waals surface area contributed by atoms with E-state index in [1.54, 1.807) is 24.3 Å². The summed E-state index contributed by atoms with van der Waals surface area (Å²) in [6.07, 6.45) is -4.48. The van der Waals surface area contributed by atoms with Crippen molar-refractivity contribution in [2.45, 2.75) is 37.5 Å². The number of halogens is 4. The number of carboxylic acid groups (broad SMARTS) is 1. The van der Waals surface area contributed by atoms with E-state index in [4.69, 9.17) is 4.74 Å². The normalized spacial score (nSPS) is 14.8. The number of rotatable bonds is 7. The van der Waals surface area contributed by atoms with Crippen LogP contribution in [0.5, 0.6) is 0 Å². The van der Waals surface area contributed by atoms with Crippen molar-refractivity contribution >= 4 is 17.9 Å². The number of hydrogen-bond acceptors (Lipinski definition) is 3. The van der Waals surface area contributed by atoms with Crippen LogP contribution in [-0.4, -0.2) is 21.7 Å². The highest BCUT2D eigenvalue weighted by Crippen LogP contribution is 2.48. The molecule has 1 atom stereocenters. The fraction of sp³-hybridized carbons (Fsp3) is 0.226. The monoisotopic (exact) mass is 566 g/mol. The second-order valence-corrected chi connectivity index (χ2v) is 10.1. The standard InChI is InChI=1S/C31H26F4N2O4/c1-18(23-5-3-4-6-24(23)31(33,34)35)41-29(40)36-27-26(25(32)17-37(27)2)21-9-7-19(8-10-21)20-11-13-22(14-12-20)30(15-16-30)28(38)39/h3-14,17-18H,15-16H2,1-2H3,(H,36,40)(H,38,39)/t18-/m1/s1. The second-order valence-electron chi connectivity index (χ2n) is 10.1. The zero-order valence-electron chi connectivity index (χ0n) is 22.1. The van der Waals surface area contributed by atoms with Crippen LogP contribution < -0.4 is 5.32 Å². The first-order valence-corrected chi connectivity index (χ1v) is 12.8. The van der Waals surface area contributed by atoms with Gasteiger partial charge in [0.15, 0.2) is 5.82 Å². The Balaban J connectivity index is 1.34. The highest BCUT2D eigenvalue weighted by atomic mass is 19.4. The van der Waals surface area contributed by atoms with Gasteiger partial charge in [0.1, 0.15) is 11.9 Å². The number of hydrogen-bond donors (Lipinski definition) is 2. The molecule has 1 amide bonds. The average Bonchev–Trinajstić information content (AvgIpc) is 3.70. The Bertz CT molecular complexity index is 1600. The summed E-state index contributed by atoms with van der Waals surface area (Å²) < 4.78 is 61.8. The number of aliphatic carboxylic acids is 1. The molecule has 5 rings (SSSR count). The molecule has 1 aliphatic rings. The molecule has 1 saturated carbocycles. The van der Waals surface area contributed by atoms with Crippen LogP contribution in [0.1, 0.15) is 42.6 Å². The van der Waals surface area contributed by atoms with E-state index in [1.807, 2.05) is 24.3 Å². The van der Waals surface area contributed by atoms with E-state index in [-0.39, 0.29) is 16.9 Å². The lowest BCUT2D eigenvalue weighted by molar-refractivity contribution is -0.140. The molecule has 10 heteroatoms. The summed E-state index contributed by atoms with van der Waals surface area (Å²) in [7, 11) is 1.52. The molecule has 0 unspecified atom stereocenters. The van der Waals surface area contributed by atoms with E-state index < -0.39 is 41.1 Å². The van der Waals surface area contributed by atoms with Gasteiger partial charge in [0.25, 0.3) is 0 Å². The number of carboxylic acids is 1. The number of amides is 1. The zero-order chi connectivity index (χ0) is 29.5. The highest BCUT2D eigenvalue weighted by molar-refractivity contribution is 5.91. The third-order valence-corrected chi connectivity index (χ3v) is 7.45. The lowest BCUT2D eigenvalue weighted by atomic mass is 9.93. The van der Waals surface area contributed by atoms with Gasteiger partial charge in [-0.2, -0.15) is 13.2 Å². The molecular weight excluding hydrogens is 540 g/mol. The van der Waals surface area contributed by atoms with Crippen LogP contribution in [0.4, 0.5) is 28.2 Å². The first-order valence-electron chi connectivity index (χ1n) is 12.8. The number of ether oxygens (including phenoxy) is 1. The number of benzene rings is 3. The van der Waals surface area contributed by atoms with Gasteiger partial charge in [-0.15, -0.1) is 0 Å². The summed E-state index contributed by atoms with van der Waals surface area (Å²) in [4.78, 5) is 24.3. The topological polar surface area (TPSA) is 80.6 Å². The predicted octanol–water partition coefficient (Wildman–Crippen LogP) is 7.94. The van der Waals surface area contributed by atoms with Gasteiger partial charge in [0, 0.05) is 18.8 Å². The van der Waals surface area contributed by atoms with Gasteiger partial charge in [-0.3, -0.25) is 10.1 Å². The quantitative estimate of drug-likeness (QED) is 0.223. The lowest BCUT2D eigenvalue weighted by Crippen LogP contribution is -2.20. The number of nitrogens with zero attached hydrogens (tertiary/aromatic N) is 1. The van der Waals surface area contributed by atoms with Crippen molar-refractivity contribution in [3.63, 3.8) is 0 Å². The van der Waals surface area contributed by atoms with Crippen LogP contribution in [0.3, 0.4) is 0 Å². The van der Waals surface area contributed by atoms with Crippen LogP contribution in [0.25, 0.3) is 22.3 Å². The van der Waals surface area contributed by atoms with Gasteiger partial charge in [-0.05, 0) is 48.1 Å². The molecule has 0 radical (unpaired) electrons. The number of carbonyl (C=O) groups is 2. The van der Waals surface area contributed by atoms with Crippen molar-refractivity contribution in [1.29, 1.82) is 0 Å². The van der Waals surface area contributed by atoms with Gasteiger partial charge in [0.2, 0.25) is 0 Å².